The normalized spacial score (nSPS) is 14.5. The second kappa shape index (κ2) is 6.41. The maximum Gasteiger partial charge on any atom is 0.307 e. The summed E-state index contributed by atoms with van der Waals surface area (Å²) in [4.78, 5) is 25.4. The monoisotopic (exact) mass is 277 g/mol. The van der Waals surface area contributed by atoms with Gasteiger partial charge in [-0.05, 0) is 30.5 Å². The maximum atomic E-state index is 12.5. The highest BCUT2D eigenvalue weighted by atomic mass is 16.5. The average molecular weight is 277 g/mol. The molecule has 1 aromatic carbocycles. The summed E-state index contributed by atoms with van der Waals surface area (Å²) in [5.74, 6) is 0.333. The molecular weight excluding hydrogens is 258 g/mol. The van der Waals surface area contributed by atoms with Crippen LogP contribution in [0, 0.1) is 0 Å². The van der Waals surface area contributed by atoms with Gasteiger partial charge >= 0.3 is 5.97 Å². The Balaban J connectivity index is 2.17. The number of esters is 1. The van der Waals surface area contributed by atoms with Crippen LogP contribution in [-0.4, -0.2) is 44.1 Å². The van der Waals surface area contributed by atoms with Crippen LogP contribution in [0.3, 0.4) is 0 Å². The quantitative estimate of drug-likeness (QED) is 0.785. The summed E-state index contributed by atoms with van der Waals surface area (Å²) in [5, 5.41) is 0. The van der Waals surface area contributed by atoms with Gasteiger partial charge in [-0.25, -0.2) is 0 Å². The van der Waals surface area contributed by atoms with Gasteiger partial charge in [0, 0.05) is 18.7 Å². The van der Waals surface area contributed by atoms with E-state index in [0.29, 0.717) is 24.4 Å². The molecule has 1 aliphatic rings. The number of fused-ring (bicyclic) bond motifs is 1. The fourth-order valence-electron chi connectivity index (χ4n) is 2.37. The van der Waals surface area contributed by atoms with E-state index in [1.54, 1.807) is 18.1 Å². The van der Waals surface area contributed by atoms with Crippen LogP contribution in [0.1, 0.15) is 28.8 Å². The number of rotatable bonds is 4. The third-order valence-electron chi connectivity index (χ3n) is 3.52. The van der Waals surface area contributed by atoms with Gasteiger partial charge in [0.05, 0.1) is 20.6 Å². The predicted octanol–water partition coefficient (Wildman–Crippen LogP) is 1.65. The smallest absolute Gasteiger partial charge is 0.307 e. The average Bonchev–Trinajstić information content (AvgIpc) is 2.64. The van der Waals surface area contributed by atoms with Gasteiger partial charge in [0.2, 0.25) is 0 Å². The molecule has 0 radical (unpaired) electrons. The lowest BCUT2D eigenvalue weighted by Gasteiger charge is -2.20. The van der Waals surface area contributed by atoms with E-state index in [0.717, 1.165) is 18.4 Å². The third-order valence-corrected chi connectivity index (χ3v) is 3.52. The van der Waals surface area contributed by atoms with Gasteiger partial charge in [-0.2, -0.15) is 0 Å². The van der Waals surface area contributed by atoms with E-state index in [2.05, 4.69) is 4.74 Å². The highest BCUT2D eigenvalue weighted by molar-refractivity contribution is 5.96. The summed E-state index contributed by atoms with van der Waals surface area (Å²) in [6, 6.07) is 5.58. The molecule has 0 unspecified atom stereocenters. The summed E-state index contributed by atoms with van der Waals surface area (Å²) in [7, 11) is 2.94. The number of nitrogens with zero attached hydrogens (tertiary/aromatic N) is 1. The molecule has 0 aromatic heterocycles. The lowest BCUT2D eigenvalue weighted by Crippen LogP contribution is -2.33. The summed E-state index contributed by atoms with van der Waals surface area (Å²) in [6.45, 7) is 1.05. The molecule has 1 aromatic rings. The van der Waals surface area contributed by atoms with Gasteiger partial charge in [0.1, 0.15) is 5.75 Å². The lowest BCUT2D eigenvalue weighted by atomic mass is 10.0. The predicted molar refractivity (Wildman–Crippen MR) is 73.9 cm³/mol. The SMILES string of the molecule is COC(=O)CCN1CCCc2ccc(OC)cc2C1=O. The van der Waals surface area contributed by atoms with Crippen LogP contribution >= 0.6 is 0 Å². The standard InChI is InChI=1S/C15H19NO4/c1-19-12-6-5-11-4-3-8-16(9-7-14(17)20-2)15(18)13(11)10-12/h5-6,10H,3-4,7-9H2,1-2H3. The highest BCUT2D eigenvalue weighted by Gasteiger charge is 2.23. The second-order valence-electron chi connectivity index (χ2n) is 4.74. The first-order chi connectivity index (χ1) is 9.65. The maximum absolute atomic E-state index is 12.5. The third kappa shape index (κ3) is 3.10. The molecule has 0 aliphatic carbocycles. The topological polar surface area (TPSA) is 55.8 Å². The van der Waals surface area contributed by atoms with E-state index in [9.17, 15) is 9.59 Å². The molecular formula is C15H19NO4. The molecule has 5 heteroatoms. The molecule has 2 rings (SSSR count). The number of amides is 1. The Bertz CT molecular complexity index is 513. The van der Waals surface area contributed by atoms with Gasteiger partial charge in [0.25, 0.3) is 5.91 Å². The first kappa shape index (κ1) is 14.4. The first-order valence-electron chi connectivity index (χ1n) is 6.68. The van der Waals surface area contributed by atoms with E-state index in [-0.39, 0.29) is 18.3 Å². The zero-order valence-electron chi connectivity index (χ0n) is 11.8. The van der Waals surface area contributed by atoms with Gasteiger partial charge in [-0.3, -0.25) is 9.59 Å². The lowest BCUT2D eigenvalue weighted by molar-refractivity contribution is -0.140. The first-order valence-corrected chi connectivity index (χ1v) is 6.68. The number of carbonyl (C=O) groups is 2. The Morgan fingerprint density at radius 2 is 2.15 bits per heavy atom. The Labute approximate surface area is 118 Å². The molecule has 1 aliphatic heterocycles. The molecule has 0 saturated carbocycles. The Kier molecular flexibility index (Phi) is 4.61. The minimum Gasteiger partial charge on any atom is -0.497 e. The van der Waals surface area contributed by atoms with E-state index in [4.69, 9.17) is 4.74 Å². The van der Waals surface area contributed by atoms with Gasteiger partial charge in [-0.15, -0.1) is 0 Å². The molecule has 5 nitrogen and oxygen atoms in total. The van der Waals surface area contributed by atoms with Crippen LogP contribution in [0.2, 0.25) is 0 Å². The number of hydrogen-bond donors (Lipinski definition) is 0. The molecule has 0 fully saturated rings. The van der Waals surface area contributed by atoms with E-state index in [1.165, 1.54) is 7.11 Å². The molecule has 108 valence electrons. The van der Waals surface area contributed by atoms with Crippen molar-refractivity contribution in [2.45, 2.75) is 19.3 Å². The van der Waals surface area contributed by atoms with E-state index in [1.807, 2.05) is 12.1 Å². The minimum absolute atomic E-state index is 0.0414. The van der Waals surface area contributed by atoms with Crippen molar-refractivity contribution >= 4 is 11.9 Å². The molecule has 0 atom stereocenters. The fourth-order valence-corrected chi connectivity index (χ4v) is 2.37. The van der Waals surface area contributed by atoms with Crippen LogP contribution in [0.25, 0.3) is 0 Å². The van der Waals surface area contributed by atoms with E-state index < -0.39 is 0 Å². The van der Waals surface area contributed by atoms with Gasteiger partial charge < -0.3 is 14.4 Å². The van der Waals surface area contributed by atoms with Crippen molar-refractivity contribution in [1.82, 2.24) is 4.90 Å². The molecule has 20 heavy (non-hydrogen) atoms. The van der Waals surface area contributed by atoms with Crippen LogP contribution in [0.15, 0.2) is 18.2 Å². The van der Waals surface area contributed by atoms with Crippen LogP contribution in [-0.2, 0) is 16.0 Å². The highest BCUT2D eigenvalue weighted by Crippen LogP contribution is 2.23. The van der Waals surface area contributed by atoms with E-state index >= 15 is 0 Å². The number of ether oxygens (including phenoxy) is 2. The zero-order chi connectivity index (χ0) is 14.5. The number of carbonyl (C=O) groups excluding carboxylic acids is 2. The van der Waals surface area contributed by atoms with Crippen LogP contribution in [0.5, 0.6) is 5.75 Å². The number of benzene rings is 1. The Morgan fingerprint density at radius 1 is 1.35 bits per heavy atom. The molecule has 0 N–H and O–H groups in total. The van der Waals surface area contributed by atoms with Crippen molar-refractivity contribution < 1.29 is 19.1 Å². The summed E-state index contributed by atoms with van der Waals surface area (Å²) >= 11 is 0. The van der Waals surface area contributed by atoms with Crippen molar-refractivity contribution in [3.8, 4) is 5.75 Å². The zero-order valence-corrected chi connectivity index (χ0v) is 11.8. The van der Waals surface area contributed by atoms with Crippen molar-refractivity contribution in [3.63, 3.8) is 0 Å². The molecule has 1 heterocycles. The van der Waals surface area contributed by atoms with Crippen molar-refractivity contribution in [3.05, 3.63) is 29.3 Å². The molecule has 1 amide bonds. The fraction of sp³-hybridized carbons (Fsp3) is 0.467. The number of hydrogen-bond acceptors (Lipinski definition) is 4. The van der Waals surface area contributed by atoms with Gasteiger partial charge in [0.15, 0.2) is 0 Å². The summed E-state index contributed by atoms with van der Waals surface area (Å²) < 4.78 is 9.79. The second-order valence-corrected chi connectivity index (χ2v) is 4.74. The van der Waals surface area contributed by atoms with Crippen LogP contribution in [0.4, 0.5) is 0 Å². The molecule has 0 saturated heterocycles. The minimum atomic E-state index is -0.298. The summed E-state index contributed by atoms with van der Waals surface area (Å²) in [6.07, 6.45) is 1.98. The summed E-state index contributed by atoms with van der Waals surface area (Å²) in [5.41, 5.74) is 1.71. The van der Waals surface area contributed by atoms with Crippen molar-refractivity contribution in [1.29, 1.82) is 0 Å². The molecule has 0 bridgehead atoms. The molecule has 0 spiro atoms. The largest absolute Gasteiger partial charge is 0.497 e. The van der Waals surface area contributed by atoms with Gasteiger partial charge in [-0.1, -0.05) is 6.07 Å². The van der Waals surface area contributed by atoms with Crippen molar-refractivity contribution in [2.24, 2.45) is 0 Å². The van der Waals surface area contributed by atoms with Crippen LogP contribution < -0.4 is 4.74 Å². The number of aryl methyl sites for hydroxylation is 1. The Hall–Kier alpha value is -2.04. The van der Waals surface area contributed by atoms with Crippen molar-refractivity contribution in [2.75, 3.05) is 27.3 Å². The Morgan fingerprint density at radius 3 is 2.85 bits per heavy atom. The number of methoxy groups -OCH3 is 2.